The van der Waals surface area contributed by atoms with Gasteiger partial charge < -0.3 is 5.32 Å². The van der Waals surface area contributed by atoms with Crippen LogP contribution in [-0.4, -0.2) is 37.7 Å². The van der Waals surface area contributed by atoms with Gasteiger partial charge in [0.1, 0.15) is 5.82 Å². The highest BCUT2D eigenvalue weighted by molar-refractivity contribution is 7.98. The minimum absolute atomic E-state index is 0.205. The van der Waals surface area contributed by atoms with Crippen LogP contribution in [-0.2, 0) is 21.4 Å². The summed E-state index contributed by atoms with van der Waals surface area (Å²) in [5.41, 5.74) is 0.824. The average Bonchev–Trinajstić information content (AvgIpc) is 2.55. The third-order valence-electron chi connectivity index (χ3n) is 3.47. The van der Waals surface area contributed by atoms with E-state index < -0.39 is 28.3 Å². The molecule has 0 spiro atoms. The van der Waals surface area contributed by atoms with Gasteiger partial charge in [-0.3, -0.25) is 4.79 Å². The van der Waals surface area contributed by atoms with E-state index in [-0.39, 0.29) is 12.1 Å². The highest BCUT2D eigenvalue weighted by Gasteiger charge is 2.22. The van der Waals surface area contributed by atoms with Gasteiger partial charge in [-0.15, -0.1) is 11.8 Å². The molecule has 2 aromatic rings. The second-order valence-corrected chi connectivity index (χ2v) is 8.20. The predicted molar refractivity (Wildman–Crippen MR) is 98.5 cm³/mol. The summed E-state index contributed by atoms with van der Waals surface area (Å²) in [6.45, 7) is -0.598. The normalized spacial score (nSPS) is 11.5. The van der Waals surface area contributed by atoms with Crippen LogP contribution in [0.2, 0.25) is 0 Å². The number of hydrogen-bond acceptors (Lipinski definition) is 4. The SMILES string of the molecule is CSc1ccccc1NC(=O)CN(Cc1ccccc1F)S(C)(=O)=O. The Morgan fingerprint density at radius 2 is 1.80 bits per heavy atom. The molecule has 1 N–H and O–H groups in total. The second kappa shape index (κ2) is 8.46. The van der Waals surface area contributed by atoms with Crippen molar-refractivity contribution in [2.24, 2.45) is 0 Å². The van der Waals surface area contributed by atoms with Crippen molar-refractivity contribution in [2.45, 2.75) is 11.4 Å². The Morgan fingerprint density at radius 1 is 1.16 bits per heavy atom. The molecule has 0 saturated heterocycles. The molecule has 8 heteroatoms. The zero-order valence-electron chi connectivity index (χ0n) is 13.9. The lowest BCUT2D eigenvalue weighted by Crippen LogP contribution is -2.37. The lowest BCUT2D eigenvalue weighted by molar-refractivity contribution is -0.116. The van der Waals surface area contributed by atoms with Gasteiger partial charge in [0.25, 0.3) is 0 Å². The number of sulfonamides is 1. The van der Waals surface area contributed by atoms with Crippen LogP contribution in [0.5, 0.6) is 0 Å². The van der Waals surface area contributed by atoms with E-state index in [0.717, 1.165) is 15.5 Å². The van der Waals surface area contributed by atoms with E-state index >= 15 is 0 Å². The minimum Gasteiger partial charge on any atom is -0.324 e. The molecule has 0 aliphatic rings. The maximum Gasteiger partial charge on any atom is 0.239 e. The van der Waals surface area contributed by atoms with Crippen LogP contribution in [0, 0.1) is 5.82 Å². The van der Waals surface area contributed by atoms with E-state index in [1.165, 1.54) is 30.0 Å². The van der Waals surface area contributed by atoms with E-state index in [1.807, 2.05) is 18.4 Å². The third kappa shape index (κ3) is 5.55. The summed E-state index contributed by atoms with van der Waals surface area (Å²) in [6.07, 6.45) is 2.88. The topological polar surface area (TPSA) is 66.5 Å². The van der Waals surface area contributed by atoms with Gasteiger partial charge >= 0.3 is 0 Å². The molecule has 25 heavy (non-hydrogen) atoms. The van der Waals surface area contributed by atoms with Crippen molar-refractivity contribution in [3.8, 4) is 0 Å². The lowest BCUT2D eigenvalue weighted by Gasteiger charge is -2.20. The summed E-state index contributed by atoms with van der Waals surface area (Å²) in [4.78, 5) is 13.2. The number of amides is 1. The van der Waals surface area contributed by atoms with Crippen molar-refractivity contribution in [2.75, 3.05) is 24.4 Å². The molecule has 2 aromatic carbocycles. The van der Waals surface area contributed by atoms with E-state index in [1.54, 1.807) is 18.2 Å². The number of carbonyl (C=O) groups excluding carboxylic acids is 1. The molecule has 134 valence electrons. The maximum absolute atomic E-state index is 13.8. The lowest BCUT2D eigenvalue weighted by atomic mass is 10.2. The summed E-state index contributed by atoms with van der Waals surface area (Å²) >= 11 is 1.47. The van der Waals surface area contributed by atoms with Crippen molar-refractivity contribution in [1.82, 2.24) is 4.31 Å². The number of nitrogens with one attached hydrogen (secondary N) is 1. The van der Waals surface area contributed by atoms with Crippen molar-refractivity contribution in [1.29, 1.82) is 0 Å². The number of carbonyl (C=O) groups is 1. The van der Waals surface area contributed by atoms with E-state index in [9.17, 15) is 17.6 Å². The van der Waals surface area contributed by atoms with Gasteiger partial charge in [0.15, 0.2) is 0 Å². The highest BCUT2D eigenvalue weighted by Crippen LogP contribution is 2.24. The first-order valence-electron chi connectivity index (χ1n) is 7.42. The van der Waals surface area contributed by atoms with Crippen LogP contribution in [0.4, 0.5) is 10.1 Å². The molecule has 0 radical (unpaired) electrons. The number of para-hydroxylation sites is 1. The Labute approximate surface area is 151 Å². The van der Waals surface area contributed by atoms with E-state index in [2.05, 4.69) is 5.32 Å². The van der Waals surface area contributed by atoms with Gasteiger partial charge in [-0.1, -0.05) is 30.3 Å². The fraction of sp³-hybridized carbons (Fsp3) is 0.235. The van der Waals surface area contributed by atoms with Crippen molar-refractivity contribution in [3.05, 3.63) is 59.9 Å². The molecule has 2 rings (SSSR count). The zero-order chi connectivity index (χ0) is 18.4. The fourth-order valence-corrected chi connectivity index (χ4v) is 3.48. The quantitative estimate of drug-likeness (QED) is 0.748. The molecular formula is C17H19FN2O3S2. The van der Waals surface area contributed by atoms with Crippen LogP contribution in [0.1, 0.15) is 5.56 Å². The summed E-state index contributed by atoms with van der Waals surface area (Å²) in [5.74, 6) is -0.993. The summed E-state index contributed by atoms with van der Waals surface area (Å²) < 4.78 is 38.7. The van der Waals surface area contributed by atoms with Gasteiger partial charge in [-0.2, -0.15) is 4.31 Å². The molecule has 0 heterocycles. The molecule has 0 fully saturated rings. The first kappa shape index (κ1) is 19.4. The van der Waals surface area contributed by atoms with Crippen LogP contribution in [0.15, 0.2) is 53.4 Å². The summed E-state index contributed by atoms with van der Waals surface area (Å²) in [5, 5.41) is 2.70. The Kier molecular flexibility index (Phi) is 6.57. The number of anilines is 1. The Balaban J connectivity index is 2.15. The predicted octanol–water partition coefficient (Wildman–Crippen LogP) is 2.95. The van der Waals surface area contributed by atoms with Crippen LogP contribution in [0.3, 0.4) is 0 Å². The average molecular weight is 382 g/mol. The number of hydrogen-bond donors (Lipinski definition) is 1. The highest BCUT2D eigenvalue weighted by atomic mass is 32.2. The molecule has 0 aromatic heterocycles. The molecule has 0 atom stereocenters. The van der Waals surface area contributed by atoms with Gasteiger partial charge in [0, 0.05) is 17.0 Å². The number of benzene rings is 2. The van der Waals surface area contributed by atoms with Crippen molar-refractivity contribution >= 4 is 33.4 Å². The first-order valence-corrected chi connectivity index (χ1v) is 10.5. The van der Waals surface area contributed by atoms with Crippen LogP contribution < -0.4 is 5.32 Å². The third-order valence-corrected chi connectivity index (χ3v) is 5.47. The smallest absolute Gasteiger partial charge is 0.239 e. The Bertz CT molecular complexity index is 856. The minimum atomic E-state index is -3.68. The second-order valence-electron chi connectivity index (χ2n) is 5.37. The number of nitrogens with zero attached hydrogens (tertiary/aromatic N) is 1. The molecule has 0 aliphatic carbocycles. The number of thioether (sulfide) groups is 1. The first-order chi connectivity index (χ1) is 11.8. The molecule has 0 bridgehead atoms. The fourth-order valence-electron chi connectivity index (χ4n) is 2.20. The summed E-state index contributed by atoms with van der Waals surface area (Å²) in [6, 6.07) is 13.1. The molecule has 5 nitrogen and oxygen atoms in total. The van der Waals surface area contributed by atoms with E-state index in [0.29, 0.717) is 5.69 Å². The molecule has 0 aliphatic heterocycles. The van der Waals surface area contributed by atoms with Crippen molar-refractivity contribution < 1.29 is 17.6 Å². The standard InChI is InChI=1S/C17H19FN2O3S2/c1-24-16-10-6-5-9-15(16)19-17(21)12-20(25(2,22)23)11-13-7-3-4-8-14(13)18/h3-10H,11-12H2,1-2H3,(H,19,21). The zero-order valence-corrected chi connectivity index (χ0v) is 15.5. The summed E-state index contributed by atoms with van der Waals surface area (Å²) in [7, 11) is -3.68. The van der Waals surface area contributed by atoms with Crippen LogP contribution >= 0.6 is 11.8 Å². The molecule has 1 amide bonds. The monoisotopic (exact) mass is 382 g/mol. The molecular weight excluding hydrogens is 363 g/mol. The van der Waals surface area contributed by atoms with Gasteiger partial charge in [0.2, 0.25) is 15.9 Å². The Hall–Kier alpha value is -1.90. The van der Waals surface area contributed by atoms with Gasteiger partial charge in [0.05, 0.1) is 18.5 Å². The van der Waals surface area contributed by atoms with Crippen molar-refractivity contribution in [3.63, 3.8) is 0 Å². The number of rotatable bonds is 7. The largest absolute Gasteiger partial charge is 0.324 e. The Morgan fingerprint density at radius 3 is 2.44 bits per heavy atom. The van der Waals surface area contributed by atoms with Crippen LogP contribution in [0.25, 0.3) is 0 Å². The molecule has 0 saturated carbocycles. The maximum atomic E-state index is 13.8. The van der Waals surface area contributed by atoms with Gasteiger partial charge in [-0.05, 0) is 24.5 Å². The van der Waals surface area contributed by atoms with E-state index in [4.69, 9.17) is 0 Å². The molecule has 0 unspecified atom stereocenters. The van der Waals surface area contributed by atoms with Gasteiger partial charge in [-0.25, -0.2) is 12.8 Å². The number of halogens is 1.